The lowest BCUT2D eigenvalue weighted by molar-refractivity contribution is -0.130. The van der Waals surface area contributed by atoms with Gasteiger partial charge >= 0.3 is 0 Å². The minimum atomic E-state index is -0.809. The molecule has 0 radical (unpaired) electrons. The summed E-state index contributed by atoms with van der Waals surface area (Å²) in [5.41, 5.74) is 1.80. The van der Waals surface area contributed by atoms with Crippen molar-refractivity contribution >= 4 is 17.6 Å². The Balaban J connectivity index is 1.83. The fraction of sp³-hybridized carbons (Fsp3) is 0.438. The van der Waals surface area contributed by atoms with Gasteiger partial charge in [0.05, 0.1) is 0 Å². The lowest BCUT2D eigenvalue weighted by Gasteiger charge is -2.28. The summed E-state index contributed by atoms with van der Waals surface area (Å²) in [6.45, 7) is 3.77. The van der Waals surface area contributed by atoms with E-state index in [4.69, 9.17) is 0 Å². The molecule has 0 aliphatic carbocycles. The number of aliphatic imine (C=N–C) groups is 1. The Kier molecular flexibility index (Phi) is 3.84. The first-order valence-corrected chi connectivity index (χ1v) is 7.36. The van der Waals surface area contributed by atoms with Gasteiger partial charge in [-0.25, -0.2) is 0 Å². The molecule has 1 aromatic carbocycles. The zero-order valence-corrected chi connectivity index (χ0v) is 12.1. The first kappa shape index (κ1) is 13.9. The molecule has 1 saturated heterocycles. The summed E-state index contributed by atoms with van der Waals surface area (Å²) in [5, 5.41) is 6.11. The van der Waals surface area contributed by atoms with E-state index in [1.807, 2.05) is 31.2 Å². The Morgan fingerprint density at radius 2 is 1.76 bits per heavy atom. The number of hydrogen-bond acceptors (Lipinski definition) is 3. The number of aryl methyl sites for hydroxylation is 1. The van der Waals surface area contributed by atoms with E-state index < -0.39 is 5.92 Å². The molecule has 21 heavy (non-hydrogen) atoms. The number of carbonyl (C=O) groups is 2. The van der Waals surface area contributed by atoms with Gasteiger partial charge in [-0.1, -0.05) is 29.8 Å². The van der Waals surface area contributed by atoms with Crippen molar-refractivity contribution in [3.63, 3.8) is 0 Å². The van der Waals surface area contributed by atoms with E-state index in [-0.39, 0.29) is 17.7 Å². The highest BCUT2D eigenvalue weighted by molar-refractivity contribution is 6.19. The van der Waals surface area contributed by atoms with E-state index in [1.165, 1.54) is 0 Å². The predicted octanol–water partition coefficient (Wildman–Crippen LogP) is 1.13. The maximum Gasteiger partial charge on any atom is 0.264 e. The highest BCUT2D eigenvalue weighted by Gasteiger charge is 2.35. The van der Waals surface area contributed by atoms with Crippen molar-refractivity contribution in [2.45, 2.75) is 25.7 Å². The van der Waals surface area contributed by atoms with Gasteiger partial charge in [0.25, 0.3) is 5.91 Å². The summed E-state index contributed by atoms with van der Waals surface area (Å²) in [7, 11) is 0. The molecule has 5 nitrogen and oxygen atoms in total. The van der Waals surface area contributed by atoms with Crippen molar-refractivity contribution in [2.24, 2.45) is 10.9 Å². The van der Waals surface area contributed by atoms with Gasteiger partial charge in [-0.3, -0.25) is 9.59 Å². The van der Waals surface area contributed by atoms with Crippen LogP contribution in [0, 0.1) is 12.8 Å². The van der Waals surface area contributed by atoms with E-state index in [2.05, 4.69) is 15.6 Å². The Morgan fingerprint density at radius 3 is 2.38 bits per heavy atom. The van der Waals surface area contributed by atoms with Crippen LogP contribution in [-0.2, 0) is 9.59 Å². The molecular weight excluding hydrogens is 266 g/mol. The van der Waals surface area contributed by atoms with E-state index >= 15 is 0 Å². The number of nitrogens with one attached hydrogen (secondary N) is 2. The smallest absolute Gasteiger partial charge is 0.264 e. The monoisotopic (exact) mass is 285 g/mol. The van der Waals surface area contributed by atoms with E-state index in [0.29, 0.717) is 11.4 Å². The molecule has 0 spiro atoms. The number of amides is 2. The van der Waals surface area contributed by atoms with Crippen LogP contribution in [-0.4, -0.2) is 30.7 Å². The quantitative estimate of drug-likeness (QED) is 0.800. The Labute approximate surface area is 123 Å². The number of piperidine rings is 1. The van der Waals surface area contributed by atoms with Crippen LogP contribution in [0.5, 0.6) is 0 Å². The minimum absolute atomic E-state index is 0.179. The van der Waals surface area contributed by atoms with Crippen LogP contribution in [0.4, 0.5) is 0 Å². The van der Waals surface area contributed by atoms with Gasteiger partial charge in [-0.2, -0.15) is 4.99 Å². The normalized spacial score (nSPS) is 23.7. The van der Waals surface area contributed by atoms with Crippen molar-refractivity contribution in [1.82, 2.24) is 10.6 Å². The molecule has 1 unspecified atom stereocenters. The van der Waals surface area contributed by atoms with Crippen molar-refractivity contribution in [3.05, 3.63) is 35.4 Å². The SMILES string of the molecule is Cc1ccc(C2C(=O)N=C(C3CCNCC3)NC2=O)cc1. The molecule has 3 rings (SSSR count). The van der Waals surface area contributed by atoms with E-state index in [0.717, 1.165) is 31.5 Å². The molecule has 2 aliphatic rings. The lowest BCUT2D eigenvalue weighted by atomic mass is 9.92. The number of rotatable bonds is 2. The number of nitrogens with zero attached hydrogens (tertiary/aromatic N) is 1. The maximum absolute atomic E-state index is 12.3. The molecular formula is C16H19N3O2. The van der Waals surface area contributed by atoms with Crippen molar-refractivity contribution in [2.75, 3.05) is 13.1 Å². The lowest BCUT2D eigenvalue weighted by Crippen LogP contribution is -2.47. The van der Waals surface area contributed by atoms with Crippen LogP contribution >= 0.6 is 0 Å². The second-order valence-corrected chi connectivity index (χ2v) is 5.69. The molecule has 2 aliphatic heterocycles. The van der Waals surface area contributed by atoms with Crippen LogP contribution in [0.3, 0.4) is 0 Å². The number of amidine groups is 1. The second-order valence-electron chi connectivity index (χ2n) is 5.69. The van der Waals surface area contributed by atoms with Crippen molar-refractivity contribution in [1.29, 1.82) is 0 Å². The first-order chi connectivity index (χ1) is 10.1. The zero-order chi connectivity index (χ0) is 14.8. The highest BCUT2D eigenvalue weighted by Crippen LogP contribution is 2.23. The Morgan fingerprint density at radius 1 is 1.10 bits per heavy atom. The predicted molar refractivity (Wildman–Crippen MR) is 80.1 cm³/mol. The molecule has 1 atom stereocenters. The molecule has 1 fully saturated rings. The fourth-order valence-corrected chi connectivity index (χ4v) is 2.86. The largest absolute Gasteiger partial charge is 0.317 e. The Hall–Kier alpha value is -2.01. The molecule has 0 saturated carbocycles. The highest BCUT2D eigenvalue weighted by atomic mass is 16.2. The van der Waals surface area contributed by atoms with Gasteiger partial charge in [0, 0.05) is 5.92 Å². The third-order valence-corrected chi connectivity index (χ3v) is 4.13. The van der Waals surface area contributed by atoms with Crippen LogP contribution in [0.1, 0.15) is 29.9 Å². The number of benzene rings is 1. The molecule has 2 N–H and O–H groups in total. The fourth-order valence-electron chi connectivity index (χ4n) is 2.86. The van der Waals surface area contributed by atoms with Crippen LogP contribution < -0.4 is 10.6 Å². The Bertz CT molecular complexity index is 586. The van der Waals surface area contributed by atoms with Gasteiger partial charge < -0.3 is 10.6 Å². The van der Waals surface area contributed by atoms with Gasteiger partial charge in [0.15, 0.2) is 0 Å². The maximum atomic E-state index is 12.3. The summed E-state index contributed by atoms with van der Waals surface area (Å²) < 4.78 is 0. The molecule has 1 aromatic rings. The van der Waals surface area contributed by atoms with Gasteiger partial charge in [0.2, 0.25) is 5.91 Å². The van der Waals surface area contributed by atoms with Gasteiger partial charge in [0.1, 0.15) is 11.8 Å². The van der Waals surface area contributed by atoms with Crippen molar-refractivity contribution < 1.29 is 9.59 Å². The number of hydrogen-bond donors (Lipinski definition) is 2. The number of carbonyl (C=O) groups excluding carboxylic acids is 2. The summed E-state index contributed by atoms with van der Waals surface area (Å²) in [4.78, 5) is 28.7. The summed E-state index contributed by atoms with van der Waals surface area (Å²) >= 11 is 0. The summed E-state index contributed by atoms with van der Waals surface area (Å²) in [6, 6.07) is 7.45. The first-order valence-electron chi connectivity index (χ1n) is 7.36. The topological polar surface area (TPSA) is 70.6 Å². The second kappa shape index (κ2) is 5.77. The van der Waals surface area contributed by atoms with Gasteiger partial charge in [-0.05, 0) is 38.4 Å². The zero-order valence-electron chi connectivity index (χ0n) is 12.1. The van der Waals surface area contributed by atoms with E-state index in [1.54, 1.807) is 0 Å². The molecule has 0 aromatic heterocycles. The standard InChI is InChI=1S/C16H19N3O2/c1-10-2-4-11(5-3-10)13-15(20)18-14(19-16(13)21)12-6-8-17-9-7-12/h2-5,12-13,17H,6-9H2,1H3,(H,18,19,20,21). The van der Waals surface area contributed by atoms with E-state index in [9.17, 15) is 9.59 Å². The molecule has 0 bridgehead atoms. The van der Waals surface area contributed by atoms with Crippen LogP contribution in [0.15, 0.2) is 29.3 Å². The van der Waals surface area contributed by atoms with Gasteiger partial charge in [-0.15, -0.1) is 0 Å². The molecule has 110 valence electrons. The molecule has 5 heteroatoms. The average molecular weight is 285 g/mol. The molecule has 2 heterocycles. The van der Waals surface area contributed by atoms with Crippen LogP contribution in [0.2, 0.25) is 0 Å². The summed E-state index contributed by atoms with van der Waals surface area (Å²) in [6.07, 6.45) is 1.81. The minimum Gasteiger partial charge on any atom is -0.317 e. The average Bonchev–Trinajstić information content (AvgIpc) is 2.49. The van der Waals surface area contributed by atoms with Crippen LogP contribution in [0.25, 0.3) is 0 Å². The molecule has 2 amide bonds. The van der Waals surface area contributed by atoms with Crippen molar-refractivity contribution in [3.8, 4) is 0 Å². The third kappa shape index (κ3) is 2.88. The third-order valence-electron chi connectivity index (χ3n) is 4.13. The summed E-state index contributed by atoms with van der Waals surface area (Å²) in [5.74, 6) is -0.687.